The SMILES string of the molecule is CC(C)[C@H](NC(=O)c1ccc(F)cc1)C(=O)NCc1ccc(S(N)(=O)=O)s1. The van der Waals surface area contributed by atoms with E-state index in [4.69, 9.17) is 5.14 Å². The number of halogens is 1. The van der Waals surface area contributed by atoms with Crippen molar-refractivity contribution in [1.29, 1.82) is 0 Å². The standard InChI is InChI=1S/C17H20FN3O4S2/c1-10(2)15(21-16(22)11-3-5-12(18)6-4-11)17(23)20-9-13-7-8-14(26-13)27(19,24)25/h3-8,10,15H,9H2,1-2H3,(H,20,23)(H,21,22)(H2,19,24,25)/t15-/m0/s1. The number of hydrogen-bond donors (Lipinski definition) is 3. The van der Waals surface area contributed by atoms with E-state index in [1.165, 1.54) is 30.3 Å². The summed E-state index contributed by atoms with van der Waals surface area (Å²) in [5.41, 5.74) is 0.242. The van der Waals surface area contributed by atoms with Gasteiger partial charge in [-0.1, -0.05) is 13.8 Å². The van der Waals surface area contributed by atoms with Crippen LogP contribution in [0.15, 0.2) is 40.6 Å². The molecule has 1 aromatic carbocycles. The summed E-state index contributed by atoms with van der Waals surface area (Å²) in [5.74, 6) is -1.56. The van der Waals surface area contributed by atoms with Gasteiger partial charge >= 0.3 is 0 Å². The molecular weight excluding hydrogens is 393 g/mol. The Bertz CT molecular complexity index is 924. The third-order valence-electron chi connectivity index (χ3n) is 3.70. The van der Waals surface area contributed by atoms with Crippen molar-refractivity contribution in [3.8, 4) is 0 Å². The summed E-state index contributed by atoms with van der Waals surface area (Å²) in [5, 5.41) is 10.4. The minimum Gasteiger partial charge on any atom is -0.349 e. The summed E-state index contributed by atoms with van der Waals surface area (Å²) in [6.45, 7) is 3.66. The summed E-state index contributed by atoms with van der Waals surface area (Å²) in [6.07, 6.45) is 0. The smallest absolute Gasteiger partial charge is 0.251 e. The monoisotopic (exact) mass is 413 g/mol. The minimum atomic E-state index is -3.78. The summed E-state index contributed by atoms with van der Waals surface area (Å²) in [7, 11) is -3.78. The molecule has 1 aromatic heterocycles. The van der Waals surface area contributed by atoms with Gasteiger partial charge in [0.1, 0.15) is 16.1 Å². The number of rotatable bonds is 7. The van der Waals surface area contributed by atoms with Crippen LogP contribution in [0.1, 0.15) is 29.1 Å². The van der Waals surface area contributed by atoms with Crippen LogP contribution in [-0.2, 0) is 21.4 Å². The number of primary sulfonamides is 1. The van der Waals surface area contributed by atoms with E-state index >= 15 is 0 Å². The quantitative estimate of drug-likeness (QED) is 0.639. The molecule has 146 valence electrons. The molecule has 27 heavy (non-hydrogen) atoms. The Hall–Kier alpha value is -2.30. The van der Waals surface area contributed by atoms with Crippen LogP contribution in [0.3, 0.4) is 0 Å². The van der Waals surface area contributed by atoms with Gasteiger partial charge in [-0.2, -0.15) is 0 Å². The number of thiophene rings is 1. The molecule has 1 heterocycles. The second-order valence-electron chi connectivity index (χ2n) is 6.19. The molecule has 7 nitrogen and oxygen atoms in total. The lowest BCUT2D eigenvalue weighted by molar-refractivity contribution is -0.124. The summed E-state index contributed by atoms with van der Waals surface area (Å²) >= 11 is 0.963. The lowest BCUT2D eigenvalue weighted by atomic mass is 10.0. The summed E-state index contributed by atoms with van der Waals surface area (Å²) < 4.78 is 35.6. The molecule has 0 aliphatic rings. The number of nitrogens with one attached hydrogen (secondary N) is 2. The van der Waals surface area contributed by atoms with Gasteiger partial charge < -0.3 is 10.6 Å². The molecule has 0 bridgehead atoms. The topological polar surface area (TPSA) is 118 Å². The lowest BCUT2D eigenvalue weighted by Crippen LogP contribution is -2.49. The molecule has 0 radical (unpaired) electrons. The highest BCUT2D eigenvalue weighted by atomic mass is 32.2. The van der Waals surface area contributed by atoms with Gasteiger partial charge in [-0.25, -0.2) is 17.9 Å². The van der Waals surface area contributed by atoms with E-state index in [2.05, 4.69) is 10.6 Å². The van der Waals surface area contributed by atoms with Crippen molar-refractivity contribution in [3.05, 3.63) is 52.7 Å². The van der Waals surface area contributed by atoms with Crippen molar-refractivity contribution in [2.75, 3.05) is 0 Å². The highest BCUT2D eigenvalue weighted by Gasteiger charge is 2.24. The Labute approximate surface area is 160 Å². The Morgan fingerprint density at radius 1 is 1.15 bits per heavy atom. The van der Waals surface area contributed by atoms with Gasteiger partial charge in [0.2, 0.25) is 15.9 Å². The summed E-state index contributed by atoms with van der Waals surface area (Å²) in [4.78, 5) is 25.3. The first-order chi connectivity index (χ1) is 12.6. The van der Waals surface area contributed by atoms with Crippen LogP contribution in [0.4, 0.5) is 4.39 Å². The van der Waals surface area contributed by atoms with E-state index in [-0.39, 0.29) is 22.2 Å². The second kappa shape index (κ2) is 8.59. The van der Waals surface area contributed by atoms with Crippen LogP contribution in [-0.4, -0.2) is 26.3 Å². The van der Waals surface area contributed by atoms with Gasteiger partial charge in [-0.05, 0) is 42.3 Å². The van der Waals surface area contributed by atoms with Gasteiger partial charge in [0.15, 0.2) is 0 Å². The number of benzene rings is 1. The number of amides is 2. The summed E-state index contributed by atoms with van der Waals surface area (Å²) in [6, 6.07) is 7.13. The van der Waals surface area contributed by atoms with Crippen LogP contribution >= 0.6 is 11.3 Å². The van der Waals surface area contributed by atoms with Crippen molar-refractivity contribution >= 4 is 33.2 Å². The maximum absolute atomic E-state index is 13.0. The predicted molar refractivity (Wildman–Crippen MR) is 100 cm³/mol. The first-order valence-electron chi connectivity index (χ1n) is 8.03. The first kappa shape index (κ1) is 21.0. The zero-order valence-corrected chi connectivity index (χ0v) is 16.4. The molecule has 4 N–H and O–H groups in total. The van der Waals surface area contributed by atoms with Gasteiger partial charge in [-0.3, -0.25) is 9.59 Å². The molecule has 0 saturated heterocycles. The Kier molecular flexibility index (Phi) is 6.68. The zero-order valence-electron chi connectivity index (χ0n) is 14.7. The zero-order chi connectivity index (χ0) is 20.2. The molecule has 0 unspecified atom stereocenters. The van der Waals surface area contributed by atoms with Crippen molar-refractivity contribution in [2.45, 2.75) is 30.6 Å². The normalized spacial score (nSPS) is 12.6. The third-order valence-corrected chi connectivity index (χ3v) is 6.22. The average Bonchev–Trinajstić information content (AvgIpc) is 3.07. The van der Waals surface area contributed by atoms with Crippen LogP contribution < -0.4 is 15.8 Å². The first-order valence-corrected chi connectivity index (χ1v) is 10.4. The number of sulfonamides is 1. The van der Waals surface area contributed by atoms with Crippen molar-refractivity contribution < 1.29 is 22.4 Å². The van der Waals surface area contributed by atoms with Crippen LogP contribution in [0.5, 0.6) is 0 Å². The van der Waals surface area contributed by atoms with Crippen molar-refractivity contribution in [2.24, 2.45) is 11.1 Å². The fourth-order valence-electron chi connectivity index (χ4n) is 2.25. The molecule has 0 saturated carbocycles. The van der Waals surface area contributed by atoms with E-state index in [0.29, 0.717) is 4.88 Å². The van der Waals surface area contributed by atoms with Gasteiger partial charge in [0, 0.05) is 10.4 Å². The molecule has 1 atom stereocenters. The molecular formula is C17H20FN3O4S2. The number of carbonyl (C=O) groups excluding carboxylic acids is 2. The lowest BCUT2D eigenvalue weighted by Gasteiger charge is -2.21. The highest BCUT2D eigenvalue weighted by molar-refractivity contribution is 7.91. The molecule has 0 aliphatic heterocycles. The van der Waals surface area contributed by atoms with Gasteiger partial charge in [0.05, 0.1) is 6.54 Å². The van der Waals surface area contributed by atoms with E-state index in [9.17, 15) is 22.4 Å². The Balaban J connectivity index is 2.01. The molecule has 2 amide bonds. The van der Waals surface area contributed by atoms with Gasteiger partial charge in [-0.15, -0.1) is 11.3 Å². The third kappa shape index (κ3) is 5.84. The molecule has 10 heteroatoms. The second-order valence-corrected chi connectivity index (χ2v) is 9.14. The van der Waals surface area contributed by atoms with Crippen LogP contribution in [0.25, 0.3) is 0 Å². The number of hydrogen-bond acceptors (Lipinski definition) is 5. The number of nitrogens with two attached hydrogens (primary N) is 1. The van der Waals surface area contributed by atoms with E-state index in [0.717, 1.165) is 11.3 Å². The van der Waals surface area contributed by atoms with Crippen LogP contribution in [0.2, 0.25) is 0 Å². The van der Waals surface area contributed by atoms with E-state index < -0.39 is 33.7 Å². The molecule has 2 aromatic rings. The Morgan fingerprint density at radius 3 is 2.30 bits per heavy atom. The van der Waals surface area contributed by atoms with E-state index in [1.54, 1.807) is 19.9 Å². The largest absolute Gasteiger partial charge is 0.349 e. The highest BCUT2D eigenvalue weighted by Crippen LogP contribution is 2.20. The Morgan fingerprint density at radius 2 is 1.78 bits per heavy atom. The van der Waals surface area contributed by atoms with E-state index in [1.807, 2.05) is 0 Å². The molecule has 0 fully saturated rings. The maximum atomic E-state index is 13.0. The maximum Gasteiger partial charge on any atom is 0.251 e. The van der Waals surface area contributed by atoms with Crippen molar-refractivity contribution in [3.63, 3.8) is 0 Å². The molecule has 0 spiro atoms. The average molecular weight is 413 g/mol. The molecule has 0 aliphatic carbocycles. The minimum absolute atomic E-state index is 0.0109. The fourth-order valence-corrected chi connectivity index (χ4v) is 3.97. The number of carbonyl (C=O) groups is 2. The van der Waals surface area contributed by atoms with Crippen molar-refractivity contribution in [1.82, 2.24) is 10.6 Å². The fraction of sp³-hybridized carbons (Fsp3) is 0.294. The molecule has 2 rings (SSSR count). The van der Waals surface area contributed by atoms with Crippen LogP contribution in [0, 0.1) is 11.7 Å². The predicted octanol–water partition coefficient (Wildman–Crippen LogP) is 1.61. The van der Waals surface area contributed by atoms with Gasteiger partial charge in [0.25, 0.3) is 5.91 Å².